The maximum absolute atomic E-state index is 10.3. The van der Waals surface area contributed by atoms with Gasteiger partial charge in [0.15, 0.2) is 0 Å². The van der Waals surface area contributed by atoms with E-state index in [0.29, 0.717) is 5.02 Å². The van der Waals surface area contributed by atoms with E-state index < -0.39 is 6.10 Å². The molecular formula is C15H15ClO. The highest BCUT2D eigenvalue weighted by atomic mass is 35.5. The zero-order valence-electron chi connectivity index (χ0n) is 9.94. The Bertz CT molecular complexity index is 517. The average molecular weight is 247 g/mol. The summed E-state index contributed by atoms with van der Waals surface area (Å²) in [6.07, 6.45) is -0.590. The molecule has 2 aromatic rings. The van der Waals surface area contributed by atoms with Crippen molar-refractivity contribution in [2.45, 2.75) is 20.0 Å². The molecule has 2 aromatic carbocycles. The molecule has 0 amide bonds. The Morgan fingerprint density at radius 2 is 1.65 bits per heavy atom. The van der Waals surface area contributed by atoms with Gasteiger partial charge in [-0.25, -0.2) is 0 Å². The van der Waals surface area contributed by atoms with Gasteiger partial charge in [-0.05, 0) is 42.7 Å². The quantitative estimate of drug-likeness (QED) is 0.848. The van der Waals surface area contributed by atoms with Crippen LogP contribution in [0.15, 0.2) is 42.5 Å². The molecule has 1 unspecified atom stereocenters. The molecule has 0 aliphatic rings. The van der Waals surface area contributed by atoms with Crippen LogP contribution in [0.2, 0.25) is 5.02 Å². The van der Waals surface area contributed by atoms with Crippen molar-refractivity contribution in [3.63, 3.8) is 0 Å². The largest absolute Gasteiger partial charge is 0.384 e. The van der Waals surface area contributed by atoms with Gasteiger partial charge in [-0.3, -0.25) is 0 Å². The molecule has 0 radical (unpaired) electrons. The lowest BCUT2D eigenvalue weighted by Gasteiger charge is -2.14. The highest BCUT2D eigenvalue weighted by Gasteiger charge is 2.12. The Kier molecular flexibility index (Phi) is 3.51. The van der Waals surface area contributed by atoms with E-state index in [-0.39, 0.29) is 0 Å². The minimum absolute atomic E-state index is 0.590. The first-order valence-electron chi connectivity index (χ1n) is 5.58. The molecule has 0 heterocycles. The molecule has 0 aliphatic carbocycles. The zero-order chi connectivity index (χ0) is 12.4. The molecule has 0 aromatic heterocycles. The van der Waals surface area contributed by atoms with Crippen LogP contribution in [0.25, 0.3) is 0 Å². The summed E-state index contributed by atoms with van der Waals surface area (Å²) in [6, 6.07) is 13.4. The Morgan fingerprint density at radius 1 is 1.00 bits per heavy atom. The smallest absolute Gasteiger partial charge is 0.104 e. The fraction of sp³-hybridized carbons (Fsp3) is 0.200. The van der Waals surface area contributed by atoms with Crippen molar-refractivity contribution in [2.24, 2.45) is 0 Å². The van der Waals surface area contributed by atoms with Gasteiger partial charge in [-0.2, -0.15) is 0 Å². The average Bonchev–Trinajstić information content (AvgIpc) is 2.29. The predicted octanol–water partition coefficient (Wildman–Crippen LogP) is 4.04. The van der Waals surface area contributed by atoms with E-state index in [9.17, 15) is 5.11 Å². The van der Waals surface area contributed by atoms with Crippen LogP contribution < -0.4 is 0 Å². The van der Waals surface area contributed by atoms with Gasteiger partial charge in [-0.1, -0.05) is 47.5 Å². The standard InChI is InChI=1S/C15H15ClO/c1-10-3-8-14(11(2)9-10)15(17)12-4-6-13(16)7-5-12/h3-9,15,17H,1-2H3. The van der Waals surface area contributed by atoms with Crippen molar-refractivity contribution >= 4 is 11.6 Å². The summed E-state index contributed by atoms with van der Waals surface area (Å²) in [5.41, 5.74) is 4.11. The van der Waals surface area contributed by atoms with Crippen molar-refractivity contribution in [1.29, 1.82) is 0 Å². The van der Waals surface area contributed by atoms with Gasteiger partial charge in [0.05, 0.1) is 0 Å². The number of aliphatic hydroxyl groups is 1. The van der Waals surface area contributed by atoms with E-state index in [1.165, 1.54) is 5.56 Å². The van der Waals surface area contributed by atoms with Crippen LogP contribution in [-0.2, 0) is 0 Å². The molecule has 1 atom stereocenters. The second-order valence-corrected chi connectivity index (χ2v) is 4.75. The van der Waals surface area contributed by atoms with Gasteiger partial charge in [0.25, 0.3) is 0 Å². The van der Waals surface area contributed by atoms with Crippen LogP contribution in [0.5, 0.6) is 0 Å². The monoisotopic (exact) mass is 246 g/mol. The van der Waals surface area contributed by atoms with Crippen molar-refractivity contribution in [2.75, 3.05) is 0 Å². The van der Waals surface area contributed by atoms with E-state index in [2.05, 4.69) is 6.07 Å². The molecule has 0 saturated carbocycles. The fourth-order valence-corrected chi connectivity index (χ4v) is 2.08. The number of halogens is 1. The van der Waals surface area contributed by atoms with Gasteiger partial charge in [0.1, 0.15) is 6.10 Å². The van der Waals surface area contributed by atoms with Crippen LogP contribution >= 0.6 is 11.6 Å². The normalized spacial score (nSPS) is 12.5. The third-order valence-corrected chi connectivity index (χ3v) is 3.16. The Morgan fingerprint density at radius 3 is 2.24 bits per heavy atom. The van der Waals surface area contributed by atoms with E-state index >= 15 is 0 Å². The number of rotatable bonds is 2. The van der Waals surface area contributed by atoms with Gasteiger partial charge in [-0.15, -0.1) is 0 Å². The SMILES string of the molecule is Cc1ccc(C(O)c2ccc(Cl)cc2)c(C)c1. The van der Waals surface area contributed by atoms with Crippen molar-refractivity contribution in [3.05, 3.63) is 69.7 Å². The first-order valence-corrected chi connectivity index (χ1v) is 5.96. The lowest BCUT2D eigenvalue weighted by Crippen LogP contribution is -2.02. The van der Waals surface area contributed by atoms with Crippen molar-refractivity contribution in [3.8, 4) is 0 Å². The molecule has 88 valence electrons. The Balaban J connectivity index is 2.36. The molecule has 0 saturated heterocycles. The fourth-order valence-electron chi connectivity index (χ4n) is 1.96. The van der Waals surface area contributed by atoms with Gasteiger partial charge >= 0.3 is 0 Å². The molecule has 2 heteroatoms. The lowest BCUT2D eigenvalue weighted by atomic mass is 9.96. The summed E-state index contributed by atoms with van der Waals surface area (Å²) in [4.78, 5) is 0. The summed E-state index contributed by atoms with van der Waals surface area (Å²) in [5.74, 6) is 0. The zero-order valence-corrected chi connectivity index (χ0v) is 10.7. The van der Waals surface area contributed by atoms with Crippen LogP contribution in [0.4, 0.5) is 0 Å². The molecule has 0 fully saturated rings. The minimum Gasteiger partial charge on any atom is -0.384 e. The number of benzene rings is 2. The number of aryl methyl sites for hydroxylation is 2. The van der Waals surface area contributed by atoms with E-state index in [0.717, 1.165) is 16.7 Å². The molecule has 0 aliphatic heterocycles. The summed E-state index contributed by atoms with van der Waals surface area (Å²) < 4.78 is 0. The predicted molar refractivity (Wildman–Crippen MR) is 71.4 cm³/mol. The minimum atomic E-state index is -0.590. The van der Waals surface area contributed by atoms with Crippen LogP contribution in [0, 0.1) is 13.8 Å². The summed E-state index contributed by atoms with van der Waals surface area (Å²) in [5, 5.41) is 11.0. The third-order valence-electron chi connectivity index (χ3n) is 2.91. The number of hydrogen-bond acceptors (Lipinski definition) is 1. The number of hydrogen-bond donors (Lipinski definition) is 1. The van der Waals surface area contributed by atoms with Crippen LogP contribution in [0.3, 0.4) is 0 Å². The van der Waals surface area contributed by atoms with Gasteiger partial charge in [0.2, 0.25) is 0 Å². The van der Waals surface area contributed by atoms with Gasteiger partial charge in [0, 0.05) is 5.02 Å². The topological polar surface area (TPSA) is 20.2 Å². The molecule has 1 N–H and O–H groups in total. The van der Waals surface area contributed by atoms with Crippen molar-refractivity contribution in [1.82, 2.24) is 0 Å². The number of aliphatic hydroxyl groups excluding tert-OH is 1. The maximum atomic E-state index is 10.3. The highest BCUT2D eigenvalue weighted by Crippen LogP contribution is 2.26. The third kappa shape index (κ3) is 2.68. The first-order chi connectivity index (χ1) is 8.08. The highest BCUT2D eigenvalue weighted by molar-refractivity contribution is 6.30. The van der Waals surface area contributed by atoms with Crippen LogP contribution in [-0.4, -0.2) is 5.11 Å². The Labute approximate surface area is 107 Å². The second kappa shape index (κ2) is 4.91. The summed E-state index contributed by atoms with van der Waals surface area (Å²) in [7, 11) is 0. The van der Waals surface area contributed by atoms with E-state index in [1.807, 2.05) is 38.1 Å². The molecular weight excluding hydrogens is 232 g/mol. The molecule has 2 rings (SSSR count). The summed E-state index contributed by atoms with van der Waals surface area (Å²) in [6.45, 7) is 4.06. The Hall–Kier alpha value is -1.31. The van der Waals surface area contributed by atoms with E-state index in [4.69, 9.17) is 11.6 Å². The maximum Gasteiger partial charge on any atom is 0.104 e. The molecule has 17 heavy (non-hydrogen) atoms. The molecule has 0 spiro atoms. The van der Waals surface area contributed by atoms with Gasteiger partial charge < -0.3 is 5.11 Å². The molecule has 0 bridgehead atoms. The van der Waals surface area contributed by atoms with Crippen molar-refractivity contribution < 1.29 is 5.11 Å². The van der Waals surface area contributed by atoms with Crippen LogP contribution in [0.1, 0.15) is 28.4 Å². The first kappa shape index (κ1) is 12.2. The second-order valence-electron chi connectivity index (χ2n) is 4.31. The van der Waals surface area contributed by atoms with E-state index in [1.54, 1.807) is 12.1 Å². The molecule has 1 nitrogen and oxygen atoms in total. The lowest BCUT2D eigenvalue weighted by molar-refractivity contribution is 0.219. The summed E-state index contributed by atoms with van der Waals surface area (Å²) >= 11 is 5.83.